The maximum atomic E-state index is 9.43. The fraction of sp³-hybridized carbons (Fsp3) is 0.500. The molecule has 0 spiro atoms. The van der Waals surface area contributed by atoms with Gasteiger partial charge in [-0.3, -0.25) is 0 Å². The van der Waals surface area contributed by atoms with Gasteiger partial charge >= 0.3 is 0 Å². The Morgan fingerprint density at radius 1 is 1.55 bits per heavy atom. The van der Waals surface area contributed by atoms with Gasteiger partial charge in [0.2, 0.25) is 0 Å². The van der Waals surface area contributed by atoms with Crippen molar-refractivity contribution in [1.29, 1.82) is 0 Å². The highest BCUT2D eigenvalue weighted by Crippen LogP contribution is 2.33. The molecule has 0 saturated heterocycles. The summed E-state index contributed by atoms with van der Waals surface area (Å²) in [6.07, 6.45) is 3.14. The van der Waals surface area contributed by atoms with Gasteiger partial charge in [-0.25, -0.2) is 0 Å². The van der Waals surface area contributed by atoms with E-state index in [1.54, 1.807) is 0 Å². The van der Waals surface area contributed by atoms with Gasteiger partial charge in [-0.2, -0.15) is 0 Å². The van der Waals surface area contributed by atoms with Crippen molar-refractivity contribution in [3.8, 4) is 0 Å². The molecule has 2 heterocycles. The van der Waals surface area contributed by atoms with Crippen LogP contribution >= 0.6 is 11.8 Å². The number of fused-ring (bicyclic) bond motifs is 1. The minimum atomic E-state index is 0.460. The lowest BCUT2D eigenvalue weighted by Crippen LogP contribution is -2.13. The number of rotatable bonds is 0. The van der Waals surface area contributed by atoms with Gasteiger partial charge in [0.05, 0.1) is 13.2 Å². The second-order valence-electron chi connectivity index (χ2n) is 2.63. The first kappa shape index (κ1) is 7.25. The van der Waals surface area contributed by atoms with Gasteiger partial charge < -0.3 is 9.84 Å². The summed E-state index contributed by atoms with van der Waals surface area (Å²) in [7, 11) is 0. The normalized spacial score (nSPS) is 24.5. The van der Waals surface area contributed by atoms with Crippen molar-refractivity contribution in [3.63, 3.8) is 0 Å². The van der Waals surface area contributed by atoms with Crippen molar-refractivity contribution in [3.05, 3.63) is 22.3 Å². The summed E-state index contributed by atoms with van der Waals surface area (Å²) in [5.41, 5.74) is 2.29. The molecule has 0 bridgehead atoms. The summed E-state index contributed by atoms with van der Waals surface area (Å²) in [6, 6.07) is 0. The molecule has 0 aromatic rings. The number of hydrogen-bond acceptors (Lipinski definition) is 3. The summed E-state index contributed by atoms with van der Waals surface area (Å²) in [4.78, 5) is 0. The second kappa shape index (κ2) is 2.91. The summed E-state index contributed by atoms with van der Waals surface area (Å²) >= 11 is 1.52. The van der Waals surface area contributed by atoms with Crippen LogP contribution in [0.1, 0.15) is 6.42 Å². The molecule has 3 heteroatoms. The Morgan fingerprint density at radius 2 is 2.45 bits per heavy atom. The number of ether oxygens (including phenoxy) is 1. The average molecular weight is 170 g/mol. The Balaban J connectivity index is 2.35. The van der Waals surface area contributed by atoms with E-state index < -0.39 is 0 Å². The topological polar surface area (TPSA) is 29.5 Å². The standard InChI is InChI=1S/C8H10O2S/c9-8-7-5-10-3-1-6(7)2-4-11-8/h1,9H,2-5H2. The van der Waals surface area contributed by atoms with Gasteiger partial charge in [0.25, 0.3) is 0 Å². The number of hydrogen-bond donors (Lipinski definition) is 1. The molecule has 2 rings (SSSR count). The zero-order chi connectivity index (χ0) is 7.68. The molecule has 0 aliphatic carbocycles. The summed E-state index contributed by atoms with van der Waals surface area (Å²) in [5.74, 6) is 1.00. The van der Waals surface area contributed by atoms with Crippen molar-refractivity contribution in [2.45, 2.75) is 6.42 Å². The largest absolute Gasteiger partial charge is 0.502 e. The third kappa shape index (κ3) is 1.30. The predicted octanol–water partition coefficient (Wildman–Crippen LogP) is 1.85. The van der Waals surface area contributed by atoms with Crippen LogP contribution in [0.15, 0.2) is 22.3 Å². The van der Waals surface area contributed by atoms with E-state index in [1.165, 1.54) is 17.3 Å². The highest BCUT2D eigenvalue weighted by molar-refractivity contribution is 8.02. The molecule has 2 nitrogen and oxygen atoms in total. The van der Waals surface area contributed by atoms with Crippen LogP contribution in [0.25, 0.3) is 0 Å². The fourth-order valence-electron chi connectivity index (χ4n) is 1.33. The third-order valence-electron chi connectivity index (χ3n) is 1.95. The van der Waals surface area contributed by atoms with Crippen molar-refractivity contribution in [2.75, 3.05) is 19.0 Å². The van der Waals surface area contributed by atoms with Crippen molar-refractivity contribution < 1.29 is 9.84 Å². The Morgan fingerprint density at radius 3 is 3.27 bits per heavy atom. The van der Waals surface area contributed by atoms with Crippen LogP contribution in [0.3, 0.4) is 0 Å². The van der Waals surface area contributed by atoms with Gasteiger partial charge in [0, 0.05) is 11.3 Å². The van der Waals surface area contributed by atoms with E-state index in [0.29, 0.717) is 18.3 Å². The number of aliphatic hydroxyl groups is 1. The molecule has 2 aliphatic heterocycles. The minimum Gasteiger partial charge on any atom is -0.502 e. The number of thioether (sulfide) groups is 1. The van der Waals surface area contributed by atoms with E-state index in [4.69, 9.17) is 4.74 Å². The molecule has 0 aromatic heterocycles. The molecule has 0 saturated carbocycles. The van der Waals surface area contributed by atoms with E-state index in [0.717, 1.165) is 17.7 Å². The van der Waals surface area contributed by atoms with Crippen LogP contribution in [0.5, 0.6) is 0 Å². The van der Waals surface area contributed by atoms with Crippen molar-refractivity contribution >= 4 is 11.8 Å². The Hall–Kier alpha value is -0.410. The first-order chi connectivity index (χ1) is 5.38. The molecule has 0 unspecified atom stereocenters. The summed E-state index contributed by atoms with van der Waals surface area (Å²) in [6.45, 7) is 1.29. The Labute approximate surface area is 69.9 Å². The monoisotopic (exact) mass is 170 g/mol. The van der Waals surface area contributed by atoms with E-state index >= 15 is 0 Å². The predicted molar refractivity (Wildman–Crippen MR) is 45.6 cm³/mol. The van der Waals surface area contributed by atoms with E-state index in [-0.39, 0.29) is 0 Å². The first-order valence-electron chi connectivity index (χ1n) is 3.70. The Kier molecular flexibility index (Phi) is 1.92. The van der Waals surface area contributed by atoms with Crippen molar-refractivity contribution in [1.82, 2.24) is 0 Å². The van der Waals surface area contributed by atoms with E-state index in [9.17, 15) is 5.11 Å². The lowest BCUT2D eigenvalue weighted by molar-refractivity contribution is 0.176. The smallest absolute Gasteiger partial charge is 0.155 e. The van der Waals surface area contributed by atoms with Gasteiger partial charge in [-0.05, 0) is 12.0 Å². The average Bonchev–Trinajstić information content (AvgIpc) is 2.06. The lowest BCUT2D eigenvalue weighted by atomic mass is 10.0. The molecule has 60 valence electrons. The van der Waals surface area contributed by atoms with Crippen molar-refractivity contribution in [2.24, 2.45) is 0 Å². The van der Waals surface area contributed by atoms with Crippen LogP contribution in [0.4, 0.5) is 0 Å². The van der Waals surface area contributed by atoms with Crippen LogP contribution < -0.4 is 0 Å². The SMILES string of the molecule is OC1=C2COCC=C2CCS1. The lowest BCUT2D eigenvalue weighted by Gasteiger charge is -2.22. The fourth-order valence-corrected chi connectivity index (χ4v) is 2.21. The van der Waals surface area contributed by atoms with Crippen LogP contribution in [0.2, 0.25) is 0 Å². The molecule has 2 aliphatic rings. The van der Waals surface area contributed by atoms with Crippen LogP contribution in [0, 0.1) is 0 Å². The molecular formula is C8H10O2S. The third-order valence-corrected chi connectivity index (χ3v) is 2.88. The molecule has 1 N–H and O–H groups in total. The Bertz CT molecular complexity index is 230. The molecular weight excluding hydrogens is 160 g/mol. The minimum absolute atomic E-state index is 0.460. The van der Waals surface area contributed by atoms with Gasteiger partial charge in [0.15, 0.2) is 5.09 Å². The molecule has 0 radical (unpaired) electrons. The van der Waals surface area contributed by atoms with Crippen LogP contribution in [-0.2, 0) is 4.74 Å². The second-order valence-corrected chi connectivity index (χ2v) is 3.71. The van der Waals surface area contributed by atoms with Gasteiger partial charge in [-0.1, -0.05) is 17.8 Å². The maximum absolute atomic E-state index is 9.43. The van der Waals surface area contributed by atoms with E-state index in [1.807, 2.05) is 0 Å². The molecule has 0 amide bonds. The molecule has 0 atom stereocenters. The number of aliphatic hydroxyl groups excluding tert-OH is 1. The quantitative estimate of drug-likeness (QED) is 0.601. The van der Waals surface area contributed by atoms with Crippen LogP contribution in [-0.4, -0.2) is 24.1 Å². The highest BCUT2D eigenvalue weighted by Gasteiger charge is 2.19. The molecule has 11 heavy (non-hydrogen) atoms. The van der Waals surface area contributed by atoms with Gasteiger partial charge in [0.1, 0.15) is 0 Å². The zero-order valence-electron chi connectivity index (χ0n) is 6.17. The summed E-state index contributed by atoms with van der Waals surface area (Å²) in [5, 5.41) is 9.89. The zero-order valence-corrected chi connectivity index (χ0v) is 6.99. The molecule has 0 fully saturated rings. The van der Waals surface area contributed by atoms with Gasteiger partial charge in [-0.15, -0.1) is 0 Å². The maximum Gasteiger partial charge on any atom is 0.155 e. The van der Waals surface area contributed by atoms with E-state index in [2.05, 4.69) is 6.08 Å². The highest BCUT2D eigenvalue weighted by atomic mass is 32.2. The molecule has 0 aromatic carbocycles. The summed E-state index contributed by atoms with van der Waals surface area (Å²) < 4.78 is 5.20. The first-order valence-corrected chi connectivity index (χ1v) is 4.68.